The average Bonchev–Trinajstić information content (AvgIpc) is 3.44. The third kappa shape index (κ3) is 6.03. The van der Waals surface area contributed by atoms with Gasteiger partial charge in [-0.2, -0.15) is 0 Å². The number of carbonyl (C=O) groups is 2. The van der Waals surface area contributed by atoms with Crippen molar-refractivity contribution >= 4 is 11.7 Å². The molecule has 178 valence electrons. The summed E-state index contributed by atoms with van der Waals surface area (Å²) >= 11 is 0. The number of likely N-dealkylation sites (tertiary alicyclic amines) is 1. The minimum absolute atomic E-state index is 0.0546. The van der Waals surface area contributed by atoms with Crippen LogP contribution in [0.25, 0.3) is 0 Å². The summed E-state index contributed by atoms with van der Waals surface area (Å²) in [5.74, 6) is 0.972. The van der Waals surface area contributed by atoms with Crippen molar-refractivity contribution in [3.8, 4) is 5.75 Å². The van der Waals surface area contributed by atoms with E-state index in [1.165, 1.54) is 19.4 Å². The second-order valence-electron chi connectivity index (χ2n) is 9.25. The van der Waals surface area contributed by atoms with Crippen LogP contribution in [0, 0.1) is 0 Å². The molecule has 2 aromatic rings. The molecule has 33 heavy (non-hydrogen) atoms. The number of piperazine rings is 1. The van der Waals surface area contributed by atoms with Gasteiger partial charge in [0.25, 0.3) is 5.91 Å². The highest BCUT2D eigenvalue weighted by molar-refractivity contribution is 5.97. The Bertz CT molecular complexity index is 931. The summed E-state index contributed by atoms with van der Waals surface area (Å²) in [6.07, 6.45) is 5.51. The maximum atomic E-state index is 12.7. The van der Waals surface area contributed by atoms with Gasteiger partial charge >= 0.3 is 0 Å². The van der Waals surface area contributed by atoms with Crippen LogP contribution in [-0.4, -0.2) is 89.4 Å². The molecule has 0 radical (unpaired) electrons. The predicted octanol–water partition coefficient (Wildman–Crippen LogP) is 2.92. The fraction of sp³-hybridized carbons (Fsp3) is 0.538. The molecule has 7 nitrogen and oxygen atoms in total. The molecule has 1 amide bonds. The van der Waals surface area contributed by atoms with E-state index in [9.17, 15) is 9.59 Å². The molecule has 4 rings (SSSR count). The first-order valence-corrected chi connectivity index (χ1v) is 12.1. The number of rotatable bonds is 9. The lowest BCUT2D eigenvalue weighted by atomic mass is 10.1. The first-order chi connectivity index (χ1) is 16.0. The van der Waals surface area contributed by atoms with Gasteiger partial charge in [0, 0.05) is 57.6 Å². The number of aryl methyl sites for hydroxylation is 1. The molecule has 2 fully saturated rings. The van der Waals surface area contributed by atoms with E-state index < -0.39 is 0 Å². The SMILES string of the molecule is C[C@@H]1CCCN1CCCOc1ccc(C(=O)CN2CCN(C(=O)c3cccn3C)CC2)cc1. The van der Waals surface area contributed by atoms with Crippen LogP contribution in [0.5, 0.6) is 5.75 Å². The zero-order chi connectivity index (χ0) is 23.2. The van der Waals surface area contributed by atoms with Crippen molar-refractivity contribution < 1.29 is 14.3 Å². The fourth-order valence-electron chi connectivity index (χ4n) is 4.77. The van der Waals surface area contributed by atoms with Crippen molar-refractivity contribution in [3.63, 3.8) is 0 Å². The summed E-state index contributed by atoms with van der Waals surface area (Å²) in [5.41, 5.74) is 1.41. The van der Waals surface area contributed by atoms with Gasteiger partial charge in [0.15, 0.2) is 5.78 Å². The van der Waals surface area contributed by atoms with E-state index in [-0.39, 0.29) is 11.7 Å². The number of amides is 1. The zero-order valence-corrected chi connectivity index (χ0v) is 19.9. The van der Waals surface area contributed by atoms with Crippen molar-refractivity contribution in [1.29, 1.82) is 0 Å². The van der Waals surface area contributed by atoms with Crippen LogP contribution in [0.1, 0.15) is 47.0 Å². The van der Waals surface area contributed by atoms with E-state index in [2.05, 4.69) is 16.7 Å². The summed E-state index contributed by atoms with van der Waals surface area (Å²) in [5, 5.41) is 0. The summed E-state index contributed by atoms with van der Waals surface area (Å²) in [4.78, 5) is 31.9. The molecule has 2 aliphatic heterocycles. The van der Waals surface area contributed by atoms with Crippen LogP contribution < -0.4 is 4.74 Å². The van der Waals surface area contributed by atoms with Crippen molar-refractivity contribution in [3.05, 3.63) is 53.9 Å². The second-order valence-corrected chi connectivity index (χ2v) is 9.25. The predicted molar refractivity (Wildman–Crippen MR) is 129 cm³/mol. The van der Waals surface area contributed by atoms with Crippen LogP contribution in [0.2, 0.25) is 0 Å². The number of ether oxygens (including phenoxy) is 1. The lowest BCUT2D eigenvalue weighted by Crippen LogP contribution is -2.50. The maximum absolute atomic E-state index is 12.7. The van der Waals surface area contributed by atoms with Gasteiger partial charge in [-0.3, -0.25) is 14.5 Å². The smallest absolute Gasteiger partial charge is 0.270 e. The summed E-state index contributed by atoms with van der Waals surface area (Å²) < 4.78 is 7.72. The van der Waals surface area contributed by atoms with Gasteiger partial charge in [-0.05, 0) is 69.1 Å². The van der Waals surface area contributed by atoms with Gasteiger partial charge in [0.2, 0.25) is 0 Å². The second kappa shape index (κ2) is 11.0. The molecule has 0 saturated carbocycles. The monoisotopic (exact) mass is 452 g/mol. The average molecular weight is 453 g/mol. The Kier molecular flexibility index (Phi) is 7.83. The third-order valence-corrected chi connectivity index (χ3v) is 6.91. The van der Waals surface area contributed by atoms with Crippen LogP contribution in [0.4, 0.5) is 0 Å². The molecule has 0 bridgehead atoms. The molecule has 0 aliphatic carbocycles. The molecule has 0 N–H and O–H groups in total. The number of nitrogens with zero attached hydrogens (tertiary/aromatic N) is 4. The number of carbonyl (C=O) groups excluding carboxylic acids is 2. The number of hydrogen-bond acceptors (Lipinski definition) is 5. The Morgan fingerprint density at radius 1 is 1.03 bits per heavy atom. The fourth-order valence-corrected chi connectivity index (χ4v) is 4.77. The molecule has 0 unspecified atom stereocenters. The highest BCUT2D eigenvalue weighted by Gasteiger charge is 2.24. The van der Waals surface area contributed by atoms with Gasteiger partial charge in [-0.15, -0.1) is 0 Å². The maximum Gasteiger partial charge on any atom is 0.270 e. The molecular formula is C26H36N4O3. The van der Waals surface area contributed by atoms with Crippen molar-refractivity contribution in [2.24, 2.45) is 7.05 Å². The normalized spacial score (nSPS) is 19.7. The standard InChI is InChI=1S/C26H36N4O3/c1-21-6-3-13-29(21)14-5-19-33-23-10-8-22(9-11-23)25(31)20-28-15-17-30(18-16-28)26(32)24-7-4-12-27(24)2/h4,7-12,21H,3,5-6,13-20H2,1-2H3/t21-/m1/s1. The Labute approximate surface area is 196 Å². The highest BCUT2D eigenvalue weighted by atomic mass is 16.5. The molecule has 3 heterocycles. The number of ketones is 1. The highest BCUT2D eigenvalue weighted by Crippen LogP contribution is 2.17. The van der Waals surface area contributed by atoms with E-state index in [4.69, 9.17) is 4.74 Å². The Hall–Kier alpha value is -2.64. The molecule has 0 spiro atoms. The van der Waals surface area contributed by atoms with E-state index in [0.717, 1.165) is 18.7 Å². The lowest BCUT2D eigenvalue weighted by Gasteiger charge is -2.34. The van der Waals surface area contributed by atoms with Crippen LogP contribution in [0.15, 0.2) is 42.6 Å². The van der Waals surface area contributed by atoms with E-state index in [1.54, 1.807) is 0 Å². The number of hydrogen-bond donors (Lipinski definition) is 0. The van der Waals surface area contributed by atoms with E-state index in [0.29, 0.717) is 56.6 Å². The van der Waals surface area contributed by atoms with E-state index >= 15 is 0 Å². The first-order valence-electron chi connectivity index (χ1n) is 12.1. The third-order valence-electron chi connectivity index (χ3n) is 6.91. The van der Waals surface area contributed by atoms with Crippen LogP contribution in [-0.2, 0) is 7.05 Å². The number of aromatic nitrogens is 1. The summed E-state index contributed by atoms with van der Waals surface area (Å²) in [6.45, 7) is 8.35. The van der Waals surface area contributed by atoms with Crippen LogP contribution in [0.3, 0.4) is 0 Å². The zero-order valence-electron chi connectivity index (χ0n) is 19.9. The van der Waals surface area contributed by atoms with Gasteiger partial charge in [0.05, 0.1) is 13.2 Å². The van der Waals surface area contributed by atoms with Gasteiger partial charge in [0.1, 0.15) is 11.4 Å². The van der Waals surface area contributed by atoms with Gasteiger partial charge in [-0.1, -0.05) is 0 Å². The quantitative estimate of drug-likeness (QED) is 0.433. The molecule has 2 aliphatic rings. The molecule has 1 aromatic heterocycles. The van der Waals surface area contributed by atoms with Crippen LogP contribution >= 0.6 is 0 Å². The number of Topliss-reactive ketones (excluding diaryl/α,β-unsaturated/α-hetero) is 1. The van der Waals surface area contributed by atoms with E-state index in [1.807, 2.05) is 59.1 Å². The first kappa shape index (κ1) is 23.5. The molecule has 7 heteroatoms. The molecule has 2 saturated heterocycles. The Balaban J connectivity index is 1.17. The minimum atomic E-state index is 0.0546. The van der Waals surface area contributed by atoms with Crippen molar-refractivity contribution in [2.45, 2.75) is 32.2 Å². The van der Waals surface area contributed by atoms with Gasteiger partial charge < -0.3 is 19.1 Å². The van der Waals surface area contributed by atoms with Crippen molar-refractivity contribution in [1.82, 2.24) is 19.3 Å². The number of benzene rings is 1. The molecule has 1 aromatic carbocycles. The van der Waals surface area contributed by atoms with Gasteiger partial charge in [-0.25, -0.2) is 0 Å². The van der Waals surface area contributed by atoms with Crippen molar-refractivity contribution in [2.75, 3.05) is 52.4 Å². The summed E-state index contributed by atoms with van der Waals surface area (Å²) in [7, 11) is 1.88. The molecular weight excluding hydrogens is 416 g/mol. The largest absolute Gasteiger partial charge is 0.494 e. The minimum Gasteiger partial charge on any atom is -0.494 e. The Morgan fingerprint density at radius 2 is 1.79 bits per heavy atom. The summed E-state index contributed by atoms with van der Waals surface area (Å²) in [6, 6.07) is 11.9. The molecule has 1 atom stereocenters. The Morgan fingerprint density at radius 3 is 2.42 bits per heavy atom. The lowest BCUT2D eigenvalue weighted by molar-refractivity contribution is 0.0616. The topological polar surface area (TPSA) is 58.0 Å².